The number of ether oxygens (including phenoxy) is 1. The van der Waals surface area contributed by atoms with Crippen molar-refractivity contribution in [2.75, 3.05) is 7.11 Å². The minimum absolute atomic E-state index is 0.0527. The van der Waals surface area contributed by atoms with Crippen LogP contribution in [0.5, 0.6) is 0 Å². The number of hydrogen-bond acceptors (Lipinski definition) is 4. The van der Waals surface area contributed by atoms with Crippen LogP contribution in [-0.2, 0) is 16.0 Å². The predicted molar refractivity (Wildman–Crippen MR) is 83.6 cm³/mol. The molecule has 0 unspecified atom stereocenters. The van der Waals surface area contributed by atoms with Gasteiger partial charge in [0.15, 0.2) is 5.65 Å². The van der Waals surface area contributed by atoms with Crippen LogP contribution in [0.15, 0.2) is 12.3 Å². The third-order valence-electron chi connectivity index (χ3n) is 4.73. The van der Waals surface area contributed by atoms with Crippen LogP contribution in [0.2, 0.25) is 0 Å². The summed E-state index contributed by atoms with van der Waals surface area (Å²) in [5, 5.41) is 4.72. The van der Waals surface area contributed by atoms with Crippen molar-refractivity contribution in [1.29, 1.82) is 0 Å². The van der Waals surface area contributed by atoms with Crippen molar-refractivity contribution in [3.8, 4) is 0 Å². The van der Waals surface area contributed by atoms with Crippen LogP contribution in [-0.4, -0.2) is 27.7 Å². The largest absolute Gasteiger partial charge is 0.469 e. The molecule has 1 aliphatic rings. The molecule has 0 aromatic carbocycles. The highest BCUT2D eigenvalue weighted by Gasteiger charge is 2.27. The number of nitrogens with zero attached hydrogens (tertiary/aromatic N) is 3. The molecule has 118 valence electrons. The van der Waals surface area contributed by atoms with E-state index in [4.69, 9.17) is 9.84 Å². The van der Waals surface area contributed by atoms with E-state index in [9.17, 15) is 4.79 Å². The van der Waals surface area contributed by atoms with E-state index in [1.54, 1.807) is 0 Å². The molecule has 1 fully saturated rings. The van der Waals surface area contributed by atoms with Gasteiger partial charge in [0.05, 0.1) is 30.6 Å². The molecule has 3 rings (SSSR count). The van der Waals surface area contributed by atoms with Gasteiger partial charge in [-0.15, -0.1) is 0 Å². The lowest BCUT2D eigenvalue weighted by molar-refractivity contribution is -0.146. The third-order valence-corrected chi connectivity index (χ3v) is 4.73. The number of aromatic nitrogens is 3. The standard InChI is InChI=1S/C17H23N3O2/c1-11-8-16-18-12(2)10-20(16)19-15(11)9-13-4-6-14(7-5-13)17(21)22-3/h8,10,13-14H,4-7,9H2,1-3H3/t13-,14-. The van der Waals surface area contributed by atoms with E-state index in [1.807, 2.05) is 17.6 Å². The van der Waals surface area contributed by atoms with Gasteiger partial charge < -0.3 is 4.74 Å². The molecule has 2 aromatic rings. The molecule has 0 spiro atoms. The highest BCUT2D eigenvalue weighted by Crippen LogP contribution is 2.31. The van der Waals surface area contributed by atoms with Crippen molar-refractivity contribution in [2.24, 2.45) is 11.8 Å². The fourth-order valence-electron chi connectivity index (χ4n) is 3.41. The van der Waals surface area contributed by atoms with Crippen molar-refractivity contribution in [3.63, 3.8) is 0 Å². The van der Waals surface area contributed by atoms with E-state index < -0.39 is 0 Å². The van der Waals surface area contributed by atoms with E-state index in [-0.39, 0.29) is 11.9 Å². The first-order valence-electron chi connectivity index (χ1n) is 7.97. The Morgan fingerprint density at radius 1 is 1.32 bits per heavy atom. The van der Waals surface area contributed by atoms with Crippen LogP contribution in [0.25, 0.3) is 5.65 Å². The fraction of sp³-hybridized carbons (Fsp3) is 0.588. The number of hydrogen-bond donors (Lipinski definition) is 0. The smallest absolute Gasteiger partial charge is 0.308 e. The number of aryl methyl sites for hydroxylation is 2. The molecule has 0 radical (unpaired) electrons. The average Bonchev–Trinajstić information content (AvgIpc) is 2.86. The highest BCUT2D eigenvalue weighted by molar-refractivity contribution is 5.72. The Kier molecular flexibility index (Phi) is 4.14. The zero-order valence-corrected chi connectivity index (χ0v) is 13.5. The highest BCUT2D eigenvalue weighted by atomic mass is 16.5. The molecule has 0 amide bonds. The second kappa shape index (κ2) is 6.07. The molecule has 2 heterocycles. The number of esters is 1. The van der Waals surface area contributed by atoms with E-state index in [1.165, 1.54) is 12.7 Å². The number of methoxy groups -OCH3 is 1. The Hall–Kier alpha value is -1.91. The summed E-state index contributed by atoms with van der Waals surface area (Å²) in [4.78, 5) is 16.0. The van der Waals surface area contributed by atoms with Crippen molar-refractivity contribution in [1.82, 2.24) is 14.6 Å². The third kappa shape index (κ3) is 2.98. The molecular weight excluding hydrogens is 278 g/mol. The Labute approximate surface area is 130 Å². The molecule has 5 nitrogen and oxygen atoms in total. The van der Waals surface area contributed by atoms with Gasteiger partial charge in [0.25, 0.3) is 0 Å². The molecule has 1 aliphatic carbocycles. The SMILES string of the molecule is COC(=O)[C@H]1CC[C@H](Cc2nn3cc(C)nc3cc2C)CC1. The molecule has 1 saturated carbocycles. The molecule has 5 heteroatoms. The molecule has 2 aromatic heterocycles. The Bertz CT molecular complexity index is 685. The van der Waals surface area contributed by atoms with Crippen molar-refractivity contribution < 1.29 is 9.53 Å². The summed E-state index contributed by atoms with van der Waals surface area (Å²) in [6, 6.07) is 2.11. The monoisotopic (exact) mass is 301 g/mol. The topological polar surface area (TPSA) is 56.5 Å². The van der Waals surface area contributed by atoms with Crippen LogP contribution in [0, 0.1) is 25.7 Å². The van der Waals surface area contributed by atoms with Crippen LogP contribution in [0.4, 0.5) is 0 Å². The average molecular weight is 301 g/mol. The van der Waals surface area contributed by atoms with E-state index in [0.29, 0.717) is 5.92 Å². The Morgan fingerprint density at radius 3 is 2.73 bits per heavy atom. The maximum Gasteiger partial charge on any atom is 0.308 e. The summed E-state index contributed by atoms with van der Waals surface area (Å²) in [6.07, 6.45) is 6.95. The first kappa shape index (κ1) is 15.0. The zero-order chi connectivity index (χ0) is 15.7. The molecular formula is C17H23N3O2. The predicted octanol–water partition coefficient (Wildman–Crippen LogP) is 2.87. The lowest BCUT2D eigenvalue weighted by Crippen LogP contribution is -2.24. The first-order valence-corrected chi connectivity index (χ1v) is 7.97. The second-order valence-corrected chi connectivity index (χ2v) is 6.40. The van der Waals surface area contributed by atoms with E-state index in [0.717, 1.165) is 49.1 Å². The summed E-state index contributed by atoms with van der Waals surface area (Å²) in [6.45, 7) is 4.09. The van der Waals surface area contributed by atoms with Gasteiger partial charge in [-0.05, 0) is 63.5 Å². The number of rotatable bonds is 3. The summed E-state index contributed by atoms with van der Waals surface area (Å²) in [5.74, 6) is 0.645. The quantitative estimate of drug-likeness (QED) is 0.818. The Balaban J connectivity index is 1.69. The van der Waals surface area contributed by atoms with Gasteiger partial charge in [0.1, 0.15) is 0 Å². The summed E-state index contributed by atoms with van der Waals surface area (Å²) >= 11 is 0. The molecule has 0 atom stereocenters. The molecule has 0 bridgehead atoms. The van der Waals surface area contributed by atoms with Gasteiger partial charge in [-0.2, -0.15) is 5.10 Å². The summed E-state index contributed by atoms with van der Waals surface area (Å²) < 4.78 is 6.72. The van der Waals surface area contributed by atoms with Gasteiger partial charge in [-0.1, -0.05) is 0 Å². The van der Waals surface area contributed by atoms with Crippen molar-refractivity contribution in [3.05, 3.63) is 29.2 Å². The summed E-state index contributed by atoms with van der Waals surface area (Å²) in [5.41, 5.74) is 4.25. The number of fused-ring (bicyclic) bond motifs is 1. The second-order valence-electron chi connectivity index (χ2n) is 6.40. The Morgan fingerprint density at radius 2 is 2.05 bits per heavy atom. The maximum atomic E-state index is 11.6. The lowest BCUT2D eigenvalue weighted by atomic mass is 9.79. The molecule has 22 heavy (non-hydrogen) atoms. The number of carbonyl (C=O) groups is 1. The van der Waals surface area contributed by atoms with Crippen molar-refractivity contribution in [2.45, 2.75) is 46.0 Å². The first-order chi connectivity index (χ1) is 10.6. The van der Waals surface area contributed by atoms with Crippen LogP contribution in [0.1, 0.15) is 42.6 Å². The van der Waals surface area contributed by atoms with Gasteiger partial charge in [-0.3, -0.25) is 4.79 Å². The number of imidazole rings is 1. The van der Waals surface area contributed by atoms with E-state index >= 15 is 0 Å². The van der Waals surface area contributed by atoms with Crippen LogP contribution >= 0.6 is 0 Å². The number of carbonyl (C=O) groups excluding carboxylic acids is 1. The van der Waals surface area contributed by atoms with E-state index in [2.05, 4.69) is 18.0 Å². The van der Waals surface area contributed by atoms with Crippen molar-refractivity contribution >= 4 is 11.6 Å². The van der Waals surface area contributed by atoms with Gasteiger partial charge >= 0.3 is 5.97 Å². The summed E-state index contributed by atoms with van der Waals surface area (Å²) in [7, 11) is 1.48. The fourth-order valence-corrected chi connectivity index (χ4v) is 3.41. The minimum Gasteiger partial charge on any atom is -0.469 e. The van der Waals surface area contributed by atoms with Crippen LogP contribution < -0.4 is 0 Å². The molecule has 0 aliphatic heterocycles. The normalized spacial score (nSPS) is 22.0. The van der Waals surface area contributed by atoms with Gasteiger partial charge in [0, 0.05) is 0 Å². The lowest BCUT2D eigenvalue weighted by Gasteiger charge is -2.26. The van der Waals surface area contributed by atoms with Gasteiger partial charge in [-0.25, -0.2) is 9.50 Å². The zero-order valence-electron chi connectivity index (χ0n) is 13.5. The molecule has 0 saturated heterocycles. The molecule has 0 N–H and O–H groups in total. The minimum atomic E-state index is -0.0527. The van der Waals surface area contributed by atoms with Crippen LogP contribution in [0.3, 0.4) is 0 Å². The maximum absolute atomic E-state index is 11.6. The van der Waals surface area contributed by atoms with Gasteiger partial charge in [0.2, 0.25) is 0 Å².